The quantitative estimate of drug-likeness (QED) is 0.672. The number of ether oxygens (including phenoxy) is 2. The number of amides is 2. The van der Waals surface area contributed by atoms with E-state index < -0.39 is 0 Å². The van der Waals surface area contributed by atoms with E-state index in [0.717, 1.165) is 6.42 Å². The molecule has 2 rings (SSSR count). The first-order valence-corrected chi connectivity index (χ1v) is 8.49. The highest BCUT2D eigenvalue weighted by Gasteiger charge is 2.16. The second-order valence-corrected chi connectivity index (χ2v) is 5.81. The van der Waals surface area contributed by atoms with E-state index in [2.05, 4.69) is 20.7 Å². The Morgan fingerprint density at radius 1 is 1.22 bits per heavy atom. The van der Waals surface area contributed by atoms with Crippen molar-refractivity contribution in [1.82, 2.24) is 30.4 Å². The largest absolute Gasteiger partial charge is 0.493 e. The molecule has 0 unspecified atom stereocenters. The van der Waals surface area contributed by atoms with Gasteiger partial charge in [-0.15, -0.1) is 10.2 Å². The lowest BCUT2D eigenvalue weighted by molar-refractivity contribution is -0.135. The maximum Gasteiger partial charge on any atom is 0.246 e. The molecule has 1 N–H and O–H groups in total. The Hall–Kier alpha value is -3.17. The number of likely N-dealkylation sites (N-methyl/N-ethyl adjacent to an activating group) is 1. The Morgan fingerprint density at radius 2 is 1.96 bits per heavy atom. The van der Waals surface area contributed by atoms with Crippen molar-refractivity contribution in [1.29, 1.82) is 0 Å². The number of methoxy groups -OCH3 is 2. The van der Waals surface area contributed by atoms with Crippen LogP contribution < -0.4 is 14.8 Å². The van der Waals surface area contributed by atoms with E-state index in [1.807, 2.05) is 6.92 Å². The molecular formula is C17H24N6O4. The molecule has 0 spiro atoms. The van der Waals surface area contributed by atoms with Crippen LogP contribution in [-0.2, 0) is 16.1 Å². The van der Waals surface area contributed by atoms with Crippen LogP contribution in [0.2, 0.25) is 0 Å². The SMILES string of the molecule is CCCNC(=O)CN(C)C(=O)Cn1nnc(-c2ccc(OC)c(OC)c2)n1. The smallest absolute Gasteiger partial charge is 0.246 e. The number of carbonyl (C=O) groups excluding carboxylic acids is 2. The molecule has 146 valence electrons. The van der Waals surface area contributed by atoms with Crippen LogP contribution in [0.3, 0.4) is 0 Å². The van der Waals surface area contributed by atoms with Crippen LogP contribution >= 0.6 is 0 Å². The molecular weight excluding hydrogens is 352 g/mol. The van der Waals surface area contributed by atoms with Crippen LogP contribution in [-0.4, -0.2) is 71.3 Å². The molecule has 2 aromatic rings. The first kappa shape index (κ1) is 20.1. The number of hydrogen-bond donors (Lipinski definition) is 1. The third kappa shape index (κ3) is 5.40. The first-order valence-electron chi connectivity index (χ1n) is 8.49. The predicted octanol–water partition coefficient (Wildman–Crippen LogP) is 0.342. The number of hydrogen-bond acceptors (Lipinski definition) is 7. The fourth-order valence-electron chi connectivity index (χ4n) is 2.27. The van der Waals surface area contributed by atoms with Crippen molar-refractivity contribution in [3.8, 4) is 22.9 Å². The zero-order chi connectivity index (χ0) is 19.8. The van der Waals surface area contributed by atoms with Crippen molar-refractivity contribution in [3.05, 3.63) is 18.2 Å². The molecule has 0 atom stereocenters. The van der Waals surface area contributed by atoms with E-state index in [9.17, 15) is 9.59 Å². The number of carbonyl (C=O) groups is 2. The summed E-state index contributed by atoms with van der Waals surface area (Å²) >= 11 is 0. The molecule has 0 aliphatic carbocycles. The molecule has 10 heteroatoms. The number of nitrogens with zero attached hydrogens (tertiary/aromatic N) is 5. The number of nitrogens with one attached hydrogen (secondary N) is 1. The summed E-state index contributed by atoms with van der Waals surface area (Å²) in [4.78, 5) is 26.4. The molecule has 0 aliphatic heterocycles. The molecule has 0 bridgehead atoms. The minimum absolute atomic E-state index is 0.0178. The lowest BCUT2D eigenvalue weighted by Gasteiger charge is -2.16. The van der Waals surface area contributed by atoms with Gasteiger partial charge in [0.15, 0.2) is 11.5 Å². The Labute approximate surface area is 157 Å². The summed E-state index contributed by atoms with van der Waals surface area (Å²) in [6.45, 7) is 2.41. The molecule has 0 fully saturated rings. The van der Waals surface area contributed by atoms with Gasteiger partial charge in [-0.25, -0.2) is 0 Å². The summed E-state index contributed by atoms with van der Waals surface area (Å²) in [6.07, 6.45) is 0.838. The summed E-state index contributed by atoms with van der Waals surface area (Å²) in [5, 5.41) is 14.8. The van der Waals surface area contributed by atoms with Gasteiger partial charge in [-0.05, 0) is 29.8 Å². The summed E-state index contributed by atoms with van der Waals surface area (Å²) in [7, 11) is 4.65. The Morgan fingerprint density at radius 3 is 2.63 bits per heavy atom. The maximum atomic E-state index is 12.2. The molecule has 1 aromatic heterocycles. The second-order valence-electron chi connectivity index (χ2n) is 5.81. The summed E-state index contributed by atoms with van der Waals surface area (Å²) in [5.41, 5.74) is 0.679. The summed E-state index contributed by atoms with van der Waals surface area (Å²) < 4.78 is 10.5. The van der Waals surface area contributed by atoms with Gasteiger partial charge in [-0.2, -0.15) is 4.80 Å². The molecule has 0 saturated carbocycles. The normalized spacial score (nSPS) is 10.4. The van der Waals surface area contributed by atoms with Crippen molar-refractivity contribution < 1.29 is 19.1 Å². The number of aromatic nitrogens is 4. The molecule has 2 amide bonds. The van der Waals surface area contributed by atoms with Crippen molar-refractivity contribution in [2.45, 2.75) is 19.9 Å². The average molecular weight is 376 g/mol. The third-order valence-corrected chi connectivity index (χ3v) is 3.75. The predicted molar refractivity (Wildman–Crippen MR) is 97.3 cm³/mol. The molecule has 0 saturated heterocycles. The highest BCUT2D eigenvalue weighted by molar-refractivity contribution is 5.84. The van der Waals surface area contributed by atoms with Crippen molar-refractivity contribution in [2.75, 3.05) is 34.4 Å². The molecule has 10 nitrogen and oxygen atoms in total. The number of rotatable bonds is 9. The second kappa shape index (κ2) is 9.51. The van der Waals surface area contributed by atoms with Gasteiger partial charge in [0.25, 0.3) is 0 Å². The maximum absolute atomic E-state index is 12.2. The molecule has 0 aliphatic rings. The van der Waals surface area contributed by atoms with Crippen molar-refractivity contribution >= 4 is 11.8 Å². The van der Waals surface area contributed by atoms with Gasteiger partial charge in [-0.1, -0.05) is 6.92 Å². The van der Waals surface area contributed by atoms with Gasteiger partial charge in [0.05, 0.1) is 20.8 Å². The molecule has 1 aromatic carbocycles. The van der Waals surface area contributed by atoms with Crippen molar-refractivity contribution in [3.63, 3.8) is 0 Å². The first-order chi connectivity index (χ1) is 13.0. The van der Waals surface area contributed by atoms with Gasteiger partial charge >= 0.3 is 0 Å². The average Bonchev–Trinajstić information content (AvgIpc) is 3.14. The van der Waals surface area contributed by atoms with E-state index in [4.69, 9.17) is 9.47 Å². The molecule has 1 heterocycles. The van der Waals surface area contributed by atoms with Gasteiger partial charge in [0, 0.05) is 19.2 Å². The number of tetrazole rings is 1. The van der Waals surface area contributed by atoms with Crippen LogP contribution in [0.25, 0.3) is 11.4 Å². The Balaban J connectivity index is 2.01. The zero-order valence-corrected chi connectivity index (χ0v) is 15.9. The van der Waals surface area contributed by atoms with Crippen LogP contribution in [0.5, 0.6) is 11.5 Å². The van der Waals surface area contributed by atoms with E-state index >= 15 is 0 Å². The zero-order valence-electron chi connectivity index (χ0n) is 15.9. The van der Waals surface area contributed by atoms with E-state index in [0.29, 0.717) is 29.4 Å². The lowest BCUT2D eigenvalue weighted by Crippen LogP contribution is -2.40. The van der Waals surface area contributed by atoms with E-state index in [1.165, 1.54) is 16.8 Å². The fraction of sp³-hybridized carbons (Fsp3) is 0.471. The summed E-state index contributed by atoms with van der Waals surface area (Å²) in [6, 6.07) is 5.24. The standard InChI is InChI=1S/C17H24N6O4/c1-5-8-18-15(24)10-22(2)16(25)11-23-20-17(19-21-23)12-6-7-13(26-3)14(9-12)27-4/h6-7,9H,5,8,10-11H2,1-4H3,(H,18,24). The minimum atomic E-state index is -0.294. The minimum Gasteiger partial charge on any atom is -0.493 e. The molecule has 27 heavy (non-hydrogen) atoms. The van der Waals surface area contributed by atoms with E-state index in [1.54, 1.807) is 32.4 Å². The highest BCUT2D eigenvalue weighted by atomic mass is 16.5. The van der Waals surface area contributed by atoms with Crippen LogP contribution in [0.15, 0.2) is 18.2 Å². The highest BCUT2D eigenvalue weighted by Crippen LogP contribution is 2.30. The topological polar surface area (TPSA) is 111 Å². The fourth-order valence-corrected chi connectivity index (χ4v) is 2.27. The Kier molecular flexibility index (Phi) is 7.09. The van der Waals surface area contributed by atoms with Gasteiger partial charge < -0.3 is 19.7 Å². The summed E-state index contributed by atoms with van der Waals surface area (Å²) in [5.74, 6) is 0.988. The lowest BCUT2D eigenvalue weighted by atomic mass is 10.2. The number of benzene rings is 1. The Bertz CT molecular complexity index is 791. The van der Waals surface area contributed by atoms with Crippen molar-refractivity contribution in [2.24, 2.45) is 0 Å². The van der Waals surface area contributed by atoms with Crippen LogP contribution in [0.1, 0.15) is 13.3 Å². The van der Waals surface area contributed by atoms with Gasteiger partial charge in [0.2, 0.25) is 17.6 Å². The monoisotopic (exact) mass is 376 g/mol. The van der Waals surface area contributed by atoms with Crippen LogP contribution in [0.4, 0.5) is 0 Å². The third-order valence-electron chi connectivity index (χ3n) is 3.75. The molecule has 0 radical (unpaired) electrons. The van der Waals surface area contributed by atoms with E-state index in [-0.39, 0.29) is 24.9 Å². The van der Waals surface area contributed by atoms with Gasteiger partial charge in [-0.3, -0.25) is 9.59 Å². The van der Waals surface area contributed by atoms with Crippen LogP contribution in [0, 0.1) is 0 Å². The van der Waals surface area contributed by atoms with Gasteiger partial charge in [0.1, 0.15) is 6.54 Å².